The maximum Gasteiger partial charge on any atom is 0.224 e. The van der Waals surface area contributed by atoms with Crippen LogP contribution in [0, 0.1) is 0 Å². The lowest BCUT2D eigenvalue weighted by atomic mass is 10.0. The fourth-order valence-electron chi connectivity index (χ4n) is 3.70. The van der Waals surface area contributed by atoms with Crippen molar-refractivity contribution in [2.75, 3.05) is 26.2 Å². The number of benzene rings is 1. The molecule has 130 valence electrons. The molecule has 2 heterocycles. The van der Waals surface area contributed by atoms with Gasteiger partial charge in [0.15, 0.2) is 0 Å². The Morgan fingerprint density at radius 2 is 1.88 bits per heavy atom. The Balaban J connectivity index is 1.43. The molecule has 1 aromatic carbocycles. The molecule has 2 fully saturated rings. The monoisotopic (exact) mass is 329 g/mol. The van der Waals surface area contributed by atoms with E-state index in [4.69, 9.17) is 0 Å². The van der Waals surface area contributed by atoms with E-state index in [-0.39, 0.29) is 17.9 Å². The Morgan fingerprint density at radius 1 is 1.17 bits per heavy atom. The molecule has 0 bridgehead atoms. The van der Waals surface area contributed by atoms with Crippen molar-refractivity contribution in [3.05, 3.63) is 35.9 Å². The maximum atomic E-state index is 12.2. The van der Waals surface area contributed by atoms with Crippen LogP contribution in [0.5, 0.6) is 0 Å². The van der Waals surface area contributed by atoms with Gasteiger partial charge in [0.05, 0.1) is 0 Å². The van der Waals surface area contributed by atoms with Gasteiger partial charge in [0, 0.05) is 51.6 Å². The number of piperidine rings is 1. The minimum Gasteiger partial charge on any atom is -0.343 e. The normalized spacial score (nSPS) is 22.2. The van der Waals surface area contributed by atoms with Crippen LogP contribution in [0.2, 0.25) is 0 Å². The summed E-state index contributed by atoms with van der Waals surface area (Å²) in [5.41, 5.74) is 1.28. The highest BCUT2D eigenvalue weighted by molar-refractivity contribution is 5.79. The van der Waals surface area contributed by atoms with E-state index in [2.05, 4.69) is 17.4 Å². The summed E-state index contributed by atoms with van der Waals surface area (Å²) in [7, 11) is 0. The highest BCUT2D eigenvalue weighted by Crippen LogP contribution is 2.17. The predicted octanol–water partition coefficient (Wildman–Crippen LogP) is 1.43. The Bertz CT molecular complexity index is 567. The number of carbonyl (C=O) groups excluding carboxylic acids is 2. The van der Waals surface area contributed by atoms with Crippen molar-refractivity contribution < 1.29 is 9.59 Å². The molecule has 2 aliphatic rings. The van der Waals surface area contributed by atoms with Crippen molar-refractivity contribution in [1.29, 1.82) is 0 Å². The van der Waals surface area contributed by atoms with Gasteiger partial charge in [-0.05, 0) is 24.8 Å². The summed E-state index contributed by atoms with van der Waals surface area (Å²) in [6.07, 6.45) is 3.47. The van der Waals surface area contributed by atoms with E-state index in [0.717, 1.165) is 45.4 Å². The molecule has 5 nitrogen and oxygen atoms in total. The first-order valence-electron chi connectivity index (χ1n) is 8.95. The molecule has 0 spiro atoms. The van der Waals surface area contributed by atoms with Crippen LogP contribution in [0.1, 0.15) is 31.7 Å². The largest absolute Gasteiger partial charge is 0.343 e. The van der Waals surface area contributed by atoms with Crippen LogP contribution in [-0.4, -0.2) is 59.9 Å². The minimum absolute atomic E-state index is 0.164. The molecular weight excluding hydrogens is 302 g/mol. The average molecular weight is 329 g/mol. The highest BCUT2D eigenvalue weighted by Gasteiger charge is 2.31. The summed E-state index contributed by atoms with van der Waals surface area (Å²) in [6.45, 7) is 4.88. The highest BCUT2D eigenvalue weighted by atomic mass is 16.2. The van der Waals surface area contributed by atoms with Gasteiger partial charge in [0.25, 0.3) is 0 Å². The molecule has 1 aromatic rings. The van der Waals surface area contributed by atoms with Crippen molar-refractivity contribution in [3.63, 3.8) is 0 Å². The van der Waals surface area contributed by atoms with Crippen molar-refractivity contribution in [2.24, 2.45) is 0 Å². The van der Waals surface area contributed by atoms with Crippen LogP contribution >= 0.6 is 0 Å². The van der Waals surface area contributed by atoms with Crippen molar-refractivity contribution in [2.45, 2.75) is 44.7 Å². The zero-order valence-corrected chi connectivity index (χ0v) is 14.4. The number of nitrogens with zero attached hydrogens (tertiary/aromatic N) is 2. The molecule has 0 aromatic heterocycles. The van der Waals surface area contributed by atoms with E-state index in [9.17, 15) is 9.59 Å². The standard InChI is InChI=1S/C19H27N3O2/c1-15(23)21-11-8-17(9-12-21)20-18-13-19(24)22(14-18)10-7-16-5-3-2-4-6-16/h2-6,17-18,20H,7-14H2,1H3. The van der Waals surface area contributed by atoms with Crippen LogP contribution in [0.25, 0.3) is 0 Å². The van der Waals surface area contributed by atoms with Gasteiger partial charge in [-0.25, -0.2) is 0 Å². The van der Waals surface area contributed by atoms with Crippen LogP contribution in [0.3, 0.4) is 0 Å². The fourth-order valence-corrected chi connectivity index (χ4v) is 3.70. The SMILES string of the molecule is CC(=O)N1CCC(NC2CC(=O)N(CCc3ccccc3)C2)CC1. The van der Waals surface area contributed by atoms with E-state index in [0.29, 0.717) is 12.5 Å². The van der Waals surface area contributed by atoms with Gasteiger partial charge < -0.3 is 15.1 Å². The Labute approximate surface area is 144 Å². The van der Waals surface area contributed by atoms with Crippen molar-refractivity contribution in [1.82, 2.24) is 15.1 Å². The fraction of sp³-hybridized carbons (Fsp3) is 0.579. The number of likely N-dealkylation sites (tertiary alicyclic amines) is 2. The molecular formula is C19H27N3O2. The first kappa shape index (κ1) is 17.0. The van der Waals surface area contributed by atoms with Gasteiger partial charge in [-0.15, -0.1) is 0 Å². The number of hydrogen-bond acceptors (Lipinski definition) is 3. The Hall–Kier alpha value is -1.88. The molecule has 24 heavy (non-hydrogen) atoms. The summed E-state index contributed by atoms with van der Waals surface area (Å²) in [6, 6.07) is 11.0. The molecule has 5 heteroatoms. The van der Waals surface area contributed by atoms with Gasteiger partial charge in [-0.3, -0.25) is 9.59 Å². The van der Waals surface area contributed by atoms with Crippen LogP contribution in [0.4, 0.5) is 0 Å². The molecule has 0 saturated carbocycles. The lowest BCUT2D eigenvalue weighted by Crippen LogP contribution is -2.48. The first-order chi connectivity index (χ1) is 11.6. The second-order valence-corrected chi connectivity index (χ2v) is 6.92. The third-order valence-electron chi connectivity index (χ3n) is 5.14. The van der Waals surface area contributed by atoms with E-state index in [1.807, 2.05) is 28.0 Å². The maximum absolute atomic E-state index is 12.2. The van der Waals surface area contributed by atoms with Crippen LogP contribution < -0.4 is 5.32 Å². The van der Waals surface area contributed by atoms with E-state index < -0.39 is 0 Å². The third kappa shape index (κ3) is 4.35. The Morgan fingerprint density at radius 3 is 2.54 bits per heavy atom. The van der Waals surface area contributed by atoms with Crippen molar-refractivity contribution >= 4 is 11.8 Å². The number of nitrogens with one attached hydrogen (secondary N) is 1. The van der Waals surface area contributed by atoms with Crippen LogP contribution in [0.15, 0.2) is 30.3 Å². The second kappa shape index (κ2) is 7.79. The predicted molar refractivity (Wildman–Crippen MR) is 93.5 cm³/mol. The zero-order valence-electron chi connectivity index (χ0n) is 14.4. The smallest absolute Gasteiger partial charge is 0.224 e. The van der Waals surface area contributed by atoms with Gasteiger partial charge in [-0.1, -0.05) is 30.3 Å². The molecule has 0 aliphatic carbocycles. The molecule has 0 radical (unpaired) electrons. The summed E-state index contributed by atoms with van der Waals surface area (Å²) in [5, 5.41) is 3.64. The van der Waals surface area contributed by atoms with Gasteiger partial charge in [-0.2, -0.15) is 0 Å². The quantitative estimate of drug-likeness (QED) is 0.889. The van der Waals surface area contributed by atoms with E-state index in [1.54, 1.807) is 6.92 Å². The summed E-state index contributed by atoms with van der Waals surface area (Å²) >= 11 is 0. The van der Waals surface area contributed by atoms with Gasteiger partial charge in [0.2, 0.25) is 11.8 Å². The van der Waals surface area contributed by atoms with Gasteiger partial charge in [0.1, 0.15) is 0 Å². The summed E-state index contributed by atoms with van der Waals surface area (Å²) in [5.74, 6) is 0.418. The lowest BCUT2D eigenvalue weighted by Gasteiger charge is -2.33. The van der Waals surface area contributed by atoms with Gasteiger partial charge >= 0.3 is 0 Å². The molecule has 2 amide bonds. The molecule has 2 aliphatic heterocycles. The molecule has 2 saturated heterocycles. The van der Waals surface area contributed by atoms with Crippen LogP contribution in [-0.2, 0) is 16.0 Å². The molecule has 1 N–H and O–H groups in total. The van der Waals surface area contributed by atoms with E-state index in [1.165, 1.54) is 5.56 Å². The number of amides is 2. The zero-order chi connectivity index (χ0) is 16.9. The molecule has 3 rings (SSSR count). The number of carbonyl (C=O) groups is 2. The average Bonchev–Trinajstić information content (AvgIpc) is 2.94. The third-order valence-corrected chi connectivity index (χ3v) is 5.14. The molecule has 1 unspecified atom stereocenters. The number of hydrogen-bond donors (Lipinski definition) is 1. The first-order valence-corrected chi connectivity index (χ1v) is 8.95. The minimum atomic E-state index is 0.164. The van der Waals surface area contributed by atoms with Crippen molar-refractivity contribution in [3.8, 4) is 0 Å². The summed E-state index contributed by atoms with van der Waals surface area (Å²) < 4.78 is 0. The molecule has 1 atom stereocenters. The summed E-state index contributed by atoms with van der Waals surface area (Å²) in [4.78, 5) is 27.5. The van der Waals surface area contributed by atoms with E-state index >= 15 is 0 Å². The lowest BCUT2D eigenvalue weighted by molar-refractivity contribution is -0.130. The number of rotatable bonds is 5. The second-order valence-electron chi connectivity index (χ2n) is 6.92. The topological polar surface area (TPSA) is 52.7 Å². The Kier molecular flexibility index (Phi) is 5.51.